The smallest absolute Gasteiger partial charge is 0.0717 e. The number of ether oxygens (including phenoxy) is 1. The highest BCUT2D eigenvalue weighted by atomic mass is 16.5. The Morgan fingerprint density at radius 2 is 1.40 bits per heavy atom. The van der Waals surface area contributed by atoms with Gasteiger partial charge >= 0.3 is 0 Å². The Kier molecular flexibility index (Phi) is 6.02. The van der Waals surface area contributed by atoms with E-state index in [1.54, 1.807) is 11.1 Å². The van der Waals surface area contributed by atoms with Crippen molar-refractivity contribution in [1.82, 2.24) is 0 Å². The van der Waals surface area contributed by atoms with Gasteiger partial charge in [0, 0.05) is 6.61 Å². The fourth-order valence-corrected chi connectivity index (χ4v) is 4.84. The molecule has 1 aliphatic rings. The van der Waals surface area contributed by atoms with Gasteiger partial charge in [0.25, 0.3) is 0 Å². The number of aryl methyl sites for hydroxylation is 1. The zero-order valence-electron chi connectivity index (χ0n) is 19.1. The standard InChI is InChI=1S/C29H36O/c1-28(2)16-17-29(3,4)27-20-22(13-15-26(27)28)9-7-8-18-30-21-23-12-14-24-10-5-6-11-25(24)19-23/h5-6,10-15,19-20H,7-9,16-18,21H2,1-4H3. The molecule has 3 aromatic carbocycles. The van der Waals surface area contributed by atoms with Crippen molar-refractivity contribution in [2.45, 2.75) is 77.2 Å². The number of fused-ring (bicyclic) bond motifs is 2. The first-order valence-corrected chi connectivity index (χ1v) is 11.5. The molecule has 0 N–H and O–H groups in total. The average Bonchev–Trinajstić information content (AvgIpc) is 2.74. The van der Waals surface area contributed by atoms with Crippen molar-refractivity contribution >= 4 is 10.8 Å². The lowest BCUT2D eigenvalue weighted by molar-refractivity contribution is 0.117. The SMILES string of the molecule is CC1(C)CCC(C)(C)c2cc(CCCCOCc3ccc4ccccc4c3)ccc21. The van der Waals surface area contributed by atoms with E-state index in [0.29, 0.717) is 17.4 Å². The Hall–Kier alpha value is -2.12. The van der Waals surface area contributed by atoms with Crippen molar-refractivity contribution in [2.75, 3.05) is 6.61 Å². The zero-order valence-corrected chi connectivity index (χ0v) is 19.1. The maximum absolute atomic E-state index is 5.96. The van der Waals surface area contributed by atoms with E-state index in [-0.39, 0.29) is 0 Å². The second kappa shape index (κ2) is 8.55. The fourth-order valence-electron chi connectivity index (χ4n) is 4.84. The van der Waals surface area contributed by atoms with Crippen LogP contribution in [0.3, 0.4) is 0 Å². The largest absolute Gasteiger partial charge is 0.377 e. The minimum atomic E-state index is 0.295. The minimum Gasteiger partial charge on any atom is -0.377 e. The Labute approximate surface area is 182 Å². The van der Waals surface area contributed by atoms with Crippen LogP contribution in [0.15, 0.2) is 60.7 Å². The van der Waals surface area contributed by atoms with Crippen molar-refractivity contribution in [1.29, 1.82) is 0 Å². The molecule has 1 nitrogen and oxygen atoms in total. The molecule has 0 heterocycles. The summed E-state index contributed by atoms with van der Waals surface area (Å²) in [6.45, 7) is 11.1. The van der Waals surface area contributed by atoms with Gasteiger partial charge in [0.15, 0.2) is 0 Å². The van der Waals surface area contributed by atoms with E-state index in [1.165, 1.54) is 41.2 Å². The molecule has 0 saturated heterocycles. The Morgan fingerprint density at radius 3 is 2.20 bits per heavy atom. The van der Waals surface area contributed by atoms with Gasteiger partial charge in [-0.25, -0.2) is 0 Å². The normalized spacial score (nSPS) is 17.1. The summed E-state index contributed by atoms with van der Waals surface area (Å²) in [7, 11) is 0. The molecule has 0 spiro atoms. The maximum Gasteiger partial charge on any atom is 0.0717 e. The number of hydrogen-bond donors (Lipinski definition) is 0. The molecule has 30 heavy (non-hydrogen) atoms. The van der Waals surface area contributed by atoms with Crippen molar-refractivity contribution in [2.24, 2.45) is 0 Å². The van der Waals surface area contributed by atoms with Crippen molar-refractivity contribution in [3.63, 3.8) is 0 Å². The van der Waals surface area contributed by atoms with Gasteiger partial charge < -0.3 is 4.74 Å². The van der Waals surface area contributed by atoms with Crippen LogP contribution in [0.1, 0.15) is 75.6 Å². The number of benzene rings is 3. The lowest BCUT2D eigenvalue weighted by Crippen LogP contribution is -2.33. The maximum atomic E-state index is 5.96. The molecule has 0 radical (unpaired) electrons. The summed E-state index contributed by atoms with van der Waals surface area (Å²) in [5.74, 6) is 0. The second-order valence-electron chi connectivity index (χ2n) is 10.3. The number of hydrogen-bond acceptors (Lipinski definition) is 1. The summed E-state index contributed by atoms with van der Waals surface area (Å²) in [6, 6.07) is 22.4. The average molecular weight is 401 g/mol. The first kappa shape index (κ1) is 21.1. The summed E-state index contributed by atoms with van der Waals surface area (Å²) in [4.78, 5) is 0. The molecule has 0 bridgehead atoms. The fraction of sp³-hybridized carbons (Fsp3) is 0.448. The van der Waals surface area contributed by atoms with Gasteiger partial charge in [0.1, 0.15) is 0 Å². The van der Waals surface area contributed by atoms with Gasteiger partial charge in [-0.15, -0.1) is 0 Å². The van der Waals surface area contributed by atoms with Crippen LogP contribution in [0.5, 0.6) is 0 Å². The van der Waals surface area contributed by atoms with E-state index in [1.807, 2.05) is 0 Å². The van der Waals surface area contributed by atoms with Gasteiger partial charge in [0.2, 0.25) is 0 Å². The molecular weight excluding hydrogens is 364 g/mol. The summed E-state index contributed by atoms with van der Waals surface area (Å²) in [5.41, 5.74) is 6.47. The third-order valence-electron chi connectivity index (χ3n) is 7.00. The van der Waals surface area contributed by atoms with Crippen LogP contribution in [0.25, 0.3) is 10.8 Å². The van der Waals surface area contributed by atoms with E-state index >= 15 is 0 Å². The highest BCUT2D eigenvalue weighted by Crippen LogP contribution is 2.45. The molecular formula is C29H36O. The molecule has 3 aromatic rings. The summed E-state index contributed by atoms with van der Waals surface area (Å²) in [6.07, 6.45) is 5.99. The molecule has 0 unspecified atom stereocenters. The molecule has 4 rings (SSSR count). The van der Waals surface area contributed by atoms with Gasteiger partial charge in [0.05, 0.1) is 6.61 Å². The molecule has 0 amide bonds. The molecule has 0 aliphatic heterocycles. The van der Waals surface area contributed by atoms with E-state index < -0.39 is 0 Å². The minimum absolute atomic E-state index is 0.295. The van der Waals surface area contributed by atoms with Crippen LogP contribution in [0.4, 0.5) is 0 Å². The molecule has 158 valence electrons. The van der Waals surface area contributed by atoms with Crippen LogP contribution < -0.4 is 0 Å². The molecule has 1 heteroatoms. The quantitative estimate of drug-likeness (QED) is 0.369. The van der Waals surface area contributed by atoms with Crippen LogP contribution in [-0.4, -0.2) is 6.61 Å². The Balaban J connectivity index is 1.26. The van der Waals surface area contributed by atoms with Crippen molar-refractivity contribution in [3.05, 3.63) is 82.9 Å². The monoisotopic (exact) mass is 400 g/mol. The van der Waals surface area contributed by atoms with Crippen molar-refractivity contribution in [3.8, 4) is 0 Å². The van der Waals surface area contributed by atoms with E-state index in [0.717, 1.165) is 19.4 Å². The third kappa shape index (κ3) is 4.62. The predicted octanol–water partition coefficient (Wildman–Crippen LogP) is 7.73. The molecule has 0 fully saturated rings. The highest BCUT2D eigenvalue weighted by Gasteiger charge is 2.36. The van der Waals surface area contributed by atoms with Gasteiger partial charge in [-0.05, 0) is 82.0 Å². The van der Waals surface area contributed by atoms with Gasteiger partial charge in [-0.1, -0.05) is 82.3 Å². The van der Waals surface area contributed by atoms with E-state index in [9.17, 15) is 0 Å². The molecule has 0 saturated carbocycles. The molecule has 0 aromatic heterocycles. The number of rotatable bonds is 7. The third-order valence-corrected chi connectivity index (χ3v) is 7.00. The Bertz CT molecular complexity index is 1010. The van der Waals surface area contributed by atoms with E-state index in [2.05, 4.69) is 88.4 Å². The zero-order chi connectivity index (χ0) is 21.2. The first-order chi connectivity index (χ1) is 14.4. The predicted molar refractivity (Wildman–Crippen MR) is 128 cm³/mol. The molecule has 0 atom stereocenters. The summed E-state index contributed by atoms with van der Waals surface area (Å²) < 4.78 is 5.96. The van der Waals surface area contributed by atoms with Crippen LogP contribution in [-0.2, 0) is 28.6 Å². The van der Waals surface area contributed by atoms with Crippen LogP contribution in [0, 0.1) is 0 Å². The van der Waals surface area contributed by atoms with Crippen molar-refractivity contribution < 1.29 is 4.74 Å². The van der Waals surface area contributed by atoms with E-state index in [4.69, 9.17) is 4.74 Å². The van der Waals surface area contributed by atoms with Gasteiger partial charge in [-0.2, -0.15) is 0 Å². The second-order valence-corrected chi connectivity index (χ2v) is 10.3. The lowest BCUT2D eigenvalue weighted by atomic mass is 9.63. The summed E-state index contributed by atoms with van der Waals surface area (Å²) >= 11 is 0. The first-order valence-electron chi connectivity index (χ1n) is 11.5. The lowest BCUT2D eigenvalue weighted by Gasteiger charge is -2.42. The topological polar surface area (TPSA) is 9.23 Å². The van der Waals surface area contributed by atoms with Crippen LogP contribution in [0.2, 0.25) is 0 Å². The molecule has 1 aliphatic carbocycles. The number of unbranched alkanes of at least 4 members (excludes halogenated alkanes) is 1. The Morgan fingerprint density at radius 1 is 0.700 bits per heavy atom. The van der Waals surface area contributed by atoms with Gasteiger partial charge in [-0.3, -0.25) is 0 Å². The highest BCUT2D eigenvalue weighted by molar-refractivity contribution is 5.82. The summed E-state index contributed by atoms with van der Waals surface area (Å²) in [5, 5.41) is 2.58. The van der Waals surface area contributed by atoms with Crippen LogP contribution >= 0.6 is 0 Å².